The third kappa shape index (κ3) is 5.88. The molecule has 1 aliphatic heterocycles. The molecular weight excluding hydrogens is 458 g/mol. The van der Waals surface area contributed by atoms with Crippen LogP contribution in [0.15, 0.2) is 12.1 Å². The van der Waals surface area contributed by atoms with Crippen LogP contribution in [0.3, 0.4) is 0 Å². The number of aromatic nitrogens is 2. The van der Waals surface area contributed by atoms with Gasteiger partial charge in [0.05, 0.1) is 23.1 Å². The van der Waals surface area contributed by atoms with Gasteiger partial charge < -0.3 is 19.5 Å². The summed E-state index contributed by atoms with van der Waals surface area (Å²) in [6, 6.07) is 0.538. The van der Waals surface area contributed by atoms with Gasteiger partial charge in [-0.15, -0.1) is 0 Å². The van der Waals surface area contributed by atoms with Crippen molar-refractivity contribution < 1.29 is 40.7 Å². The van der Waals surface area contributed by atoms with Crippen molar-refractivity contribution in [3.05, 3.63) is 29.1 Å². The van der Waals surface area contributed by atoms with E-state index in [1.54, 1.807) is 20.8 Å². The van der Waals surface area contributed by atoms with Crippen LogP contribution < -0.4 is 0 Å². The van der Waals surface area contributed by atoms with E-state index >= 15 is 0 Å². The number of nitrogens with one attached hydrogen (secondary N) is 1. The zero-order valence-electron chi connectivity index (χ0n) is 18.0. The third-order valence-corrected chi connectivity index (χ3v) is 4.87. The number of halogens is 6. The van der Waals surface area contributed by atoms with Crippen LogP contribution in [0.5, 0.6) is 0 Å². The summed E-state index contributed by atoms with van der Waals surface area (Å²) in [5, 5.41) is 0. The second kappa shape index (κ2) is 8.41. The highest BCUT2D eigenvalue weighted by Crippen LogP contribution is 2.39. The first kappa shape index (κ1) is 24.6. The van der Waals surface area contributed by atoms with Crippen LogP contribution in [0, 0.1) is 0 Å². The first-order valence-corrected chi connectivity index (χ1v) is 9.97. The summed E-state index contributed by atoms with van der Waals surface area (Å²) in [6.45, 7) is 5.91. The summed E-state index contributed by atoms with van der Waals surface area (Å²) >= 11 is 0. The molecule has 1 N–H and O–H groups in total. The standard InChI is InChI=1S/C20H22F6N4O3/c1-18(2,3)33-17(32)30-6-4-29(5-7-30)15(31)10-14-27-13-9-11(19(21,22)23)8-12(16(13)28-14)20(24,25)26/h8-9H,4-7,10H2,1-3H3,(H,27,28). The van der Waals surface area contributed by atoms with Crippen LogP contribution in [-0.2, 0) is 28.3 Å². The Labute approximate surface area is 184 Å². The Morgan fingerprint density at radius 3 is 2.06 bits per heavy atom. The Hall–Kier alpha value is -2.99. The molecule has 13 heteroatoms. The highest BCUT2D eigenvalue weighted by atomic mass is 19.4. The summed E-state index contributed by atoms with van der Waals surface area (Å²) in [6.07, 6.45) is -11.0. The summed E-state index contributed by atoms with van der Waals surface area (Å²) in [5.74, 6) is -0.670. The minimum atomic E-state index is -5.06. The zero-order valence-corrected chi connectivity index (χ0v) is 18.0. The number of amides is 2. The predicted molar refractivity (Wildman–Crippen MR) is 104 cm³/mol. The number of hydrogen-bond donors (Lipinski definition) is 1. The minimum Gasteiger partial charge on any atom is -0.444 e. The molecule has 0 saturated carbocycles. The molecule has 182 valence electrons. The van der Waals surface area contributed by atoms with Crippen LogP contribution in [0.2, 0.25) is 0 Å². The molecule has 1 aliphatic rings. The molecule has 0 atom stereocenters. The van der Waals surface area contributed by atoms with Crippen LogP contribution in [-0.4, -0.2) is 63.5 Å². The van der Waals surface area contributed by atoms with Gasteiger partial charge in [0.2, 0.25) is 5.91 Å². The molecule has 2 heterocycles. The van der Waals surface area contributed by atoms with Crippen molar-refractivity contribution in [1.82, 2.24) is 19.8 Å². The van der Waals surface area contributed by atoms with E-state index < -0.39 is 58.5 Å². The lowest BCUT2D eigenvalue weighted by molar-refractivity contribution is -0.142. The third-order valence-electron chi connectivity index (χ3n) is 4.87. The van der Waals surface area contributed by atoms with E-state index in [0.29, 0.717) is 6.07 Å². The van der Waals surface area contributed by atoms with Crippen LogP contribution in [0.25, 0.3) is 11.0 Å². The maximum absolute atomic E-state index is 13.3. The number of hydrogen-bond acceptors (Lipinski definition) is 4. The Morgan fingerprint density at radius 2 is 1.55 bits per heavy atom. The van der Waals surface area contributed by atoms with Gasteiger partial charge in [-0.1, -0.05) is 0 Å². The van der Waals surface area contributed by atoms with E-state index in [1.807, 2.05) is 0 Å². The van der Waals surface area contributed by atoms with Gasteiger partial charge in [-0.25, -0.2) is 9.78 Å². The lowest BCUT2D eigenvalue weighted by Gasteiger charge is -2.35. The first-order chi connectivity index (χ1) is 15.0. The Bertz CT molecular complexity index is 1050. The summed E-state index contributed by atoms with van der Waals surface area (Å²) in [5.41, 5.74) is -4.83. The van der Waals surface area contributed by atoms with Gasteiger partial charge in [0, 0.05) is 26.2 Å². The summed E-state index contributed by atoms with van der Waals surface area (Å²) < 4.78 is 84.3. The fourth-order valence-electron chi connectivity index (χ4n) is 3.35. The molecule has 2 aromatic rings. The monoisotopic (exact) mass is 480 g/mol. The number of imidazole rings is 1. The van der Waals surface area contributed by atoms with Gasteiger partial charge in [0.1, 0.15) is 16.9 Å². The number of carbonyl (C=O) groups is 2. The largest absolute Gasteiger partial charge is 0.444 e. The van der Waals surface area contributed by atoms with Crippen molar-refractivity contribution >= 4 is 23.0 Å². The minimum absolute atomic E-state index is 0.00463. The lowest BCUT2D eigenvalue weighted by atomic mass is 10.1. The fourth-order valence-corrected chi connectivity index (χ4v) is 3.35. The normalized spacial score (nSPS) is 15.8. The summed E-state index contributed by atoms with van der Waals surface area (Å²) in [4.78, 5) is 33.7. The number of ether oxygens (including phenoxy) is 1. The Morgan fingerprint density at radius 1 is 0.970 bits per heavy atom. The smallest absolute Gasteiger partial charge is 0.418 e. The molecule has 3 rings (SSSR count). The van der Waals surface area contributed by atoms with Crippen molar-refractivity contribution in [1.29, 1.82) is 0 Å². The molecular formula is C20H22F6N4O3. The van der Waals surface area contributed by atoms with Gasteiger partial charge in [-0.3, -0.25) is 4.79 Å². The number of fused-ring (bicyclic) bond motifs is 1. The van der Waals surface area contributed by atoms with Gasteiger partial charge in [-0.2, -0.15) is 26.3 Å². The Kier molecular flexibility index (Phi) is 6.28. The van der Waals surface area contributed by atoms with E-state index in [9.17, 15) is 35.9 Å². The van der Waals surface area contributed by atoms with Crippen LogP contribution in [0.1, 0.15) is 37.7 Å². The average molecular weight is 480 g/mol. The first-order valence-electron chi connectivity index (χ1n) is 9.97. The molecule has 0 spiro atoms. The maximum atomic E-state index is 13.3. The molecule has 1 aromatic carbocycles. The highest BCUT2D eigenvalue weighted by molar-refractivity contribution is 5.83. The summed E-state index contributed by atoms with van der Waals surface area (Å²) in [7, 11) is 0. The van der Waals surface area contributed by atoms with E-state index in [-0.39, 0.29) is 38.1 Å². The van der Waals surface area contributed by atoms with E-state index in [4.69, 9.17) is 4.74 Å². The van der Waals surface area contributed by atoms with Gasteiger partial charge in [-0.05, 0) is 32.9 Å². The SMILES string of the molecule is CC(C)(C)OC(=O)N1CCN(C(=O)Cc2nc3c(C(F)(F)F)cc(C(F)(F)F)cc3[nH]2)CC1. The zero-order chi connectivity index (χ0) is 24.8. The maximum Gasteiger partial charge on any atom is 0.418 e. The van der Waals surface area contributed by atoms with Gasteiger partial charge >= 0.3 is 18.4 Å². The van der Waals surface area contributed by atoms with Crippen molar-refractivity contribution in [2.75, 3.05) is 26.2 Å². The number of H-pyrrole nitrogens is 1. The molecule has 1 fully saturated rings. The number of aromatic amines is 1. The fraction of sp³-hybridized carbons (Fsp3) is 0.550. The number of rotatable bonds is 2. The second-order valence-electron chi connectivity index (χ2n) is 8.62. The molecule has 0 bridgehead atoms. The average Bonchev–Trinajstić information content (AvgIpc) is 3.06. The highest BCUT2D eigenvalue weighted by Gasteiger charge is 2.39. The molecule has 7 nitrogen and oxygen atoms in total. The quantitative estimate of drug-likeness (QED) is 0.653. The van der Waals surface area contributed by atoms with E-state index in [0.717, 1.165) is 0 Å². The molecule has 1 aromatic heterocycles. The topological polar surface area (TPSA) is 78.5 Å². The molecule has 0 unspecified atom stereocenters. The van der Waals surface area contributed by atoms with Crippen LogP contribution in [0.4, 0.5) is 31.1 Å². The number of alkyl halides is 6. The second-order valence-corrected chi connectivity index (χ2v) is 8.62. The molecule has 33 heavy (non-hydrogen) atoms. The molecule has 1 saturated heterocycles. The van der Waals surface area contributed by atoms with Crippen LogP contribution >= 0.6 is 0 Å². The van der Waals surface area contributed by atoms with Crippen molar-refractivity contribution in [2.45, 2.75) is 45.1 Å². The Balaban J connectivity index is 1.74. The van der Waals surface area contributed by atoms with Crippen molar-refractivity contribution in [3.63, 3.8) is 0 Å². The number of nitrogens with zero attached hydrogens (tertiary/aromatic N) is 3. The van der Waals surface area contributed by atoms with Gasteiger partial charge in [0.25, 0.3) is 0 Å². The number of piperazine rings is 1. The van der Waals surface area contributed by atoms with E-state index in [1.165, 1.54) is 9.80 Å². The lowest BCUT2D eigenvalue weighted by Crippen LogP contribution is -2.52. The number of carbonyl (C=O) groups excluding carboxylic acids is 2. The molecule has 2 amide bonds. The molecule has 0 aliphatic carbocycles. The molecule has 0 radical (unpaired) electrons. The van der Waals surface area contributed by atoms with Crippen molar-refractivity contribution in [2.24, 2.45) is 0 Å². The number of benzene rings is 1. The van der Waals surface area contributed by atoms with E-state index in [2.05, 4.69) is 9.97 Å². The van der Waals surface area contributed by atoms with Crippen molar-refractivity contribution in [3.8, 4) is 0 Å². The van der Waals surface area contributed by atoms with Gasteiger partial charge in [0.15, 0.2) is 0 Å². The predicted octanol–water partition coefficient (Wildman–Crippen LogP) is 4.22.